The zero-order valence-corrected chi connectivity index (χ0v) is 10.5. The first-order valence-electron chi connectivity index (χ1n) is 5.75. The van der Waals surface area contributed by atoms with E-state index in [1.165, 1.54) is 4.57 Å². The summed E-state index contributed by atoms with van der Waals surface area (Å²) in [5.74, 6) is -1.68. The predicted molar refractivity (Wildman–Crippen MR) is 65.6 cm³/mol. The van der Waals surface area contributed by atoms with Gasteiger partial charge in [0.05, 0.1) is 23.1 Å². The molecule has 0 bridgehead atoms. The lowest BCUT2D eigenvalue weighted by Crippen LogP contribution is -2.09. The molecule has 106 valence electrons. The van der Waals surface area contributed by atoms with Crippen LogP contribution in [0.5, 0.6) is 0 Å². The Bertz CT molecular complexity index is 671. The van der Waals surface area contributed by atoms with Crippen LogP contribution in [0.25, 0.3) is 11.4 Å². The highest BCUT2D eigenvalue weighted by atomic mass is 19.1. The van der Waals surface area contributed by atoms with Gasteiger partial charge >= 0.3 is 5.69 Å². The number of nitro benzene ring substituents is 1. The number of rotatable bonds is 4. The summed E-state index contributed by atoms with van der Waals surface area (Å²) in [6.45, 7) is 2.19. The maximum atomic E-state index is 14.1. The summed E-state index contributed by atoms with van der Waals surface area (Å²) < 4.78 is 29.0. The van der Waals surface area contributed by atoms with E-state index < -0.39 is 22.2 Å². The summed E-state index contributed by atoms with van der Waals surface area (Å²) >= 11 is 0. The fourth-order valence-electron chi connectivity index (χ4n) is 1.89. The molecule has 0 aliphatic heterocycles. The Morgan fingerprint density at radius 1 is 1.40 bits per heavy atom. The van der Waals surface area contributed by atoms with Crippen molar-refractivity contribution < 1.29 is 13.7 Å². The third-order valence-corrected chi connectivity index (χ3v) is 2.78. The minimum absolute atomic E-state index is 0.00745. The summed E-state index contributed by atoms with van der Waals surface area (Å²) in [7, 11) is 0. The van der Waals surface area contributed by atoms with Crippen LogP contribution in [0.4, 0.5) is 14.5 Å². The number of benzene rings is 1. The van der Waals surface area contributed by atoms with E-state index >= 15 is 0 Å². The van der Waals surface area contributed by atoms with E-state index in [0.29, 0.717) is 18.4 Å². The first kappa shape index (κ1) is 14.0. The van der Waals surface area contributed by atoms with Crippen LogP contribution in [-0.4, -0.2) is 19.7 Å². The fourth-order valence-corrected chi connectivity index (χ4v) is 1.89. The molecule has 0 radical (unpaired) electrons. The van der Waals surface area contributed by atoms with Crippen molar-refractivity contribution in [1.82, 2.24) is 14.8 Å². The molecule has 7 nitrogen and oxygen atoms in total. The van der Waals surface area contributed by atoms with E-state index in [0.717, 1.165) is 6.07 Å². The summed E-state index contributed by atoms with van der Waals surface area (Å²) in [6, 6.07) is 1.37. The van der Waals surface area contributed by atoms with Crippen LogP contribution in [0, 0.1) is 21.7 Å². The summed E-state index contributed by atoms with van der Waals surface area (Å²) in [5.41, 5.74) is 4.21. The Balaban J connectivity index is 2.70. The summed E-state index contributed by atoms with van der Waals surface area (Å²) in [5, 5.41) is 18.2. The lowest BCUT2D eigenvalue weighted by atomic mass is 10.1. The predicted octanol–water partition coefficient (Wildman–Crippen LogP) is 1.61. The quantitative estimate of drug-likeness (QED) is 0.678. The first-order valence-corrected chi connectivity index (χ1v) is 5.75. The van der Waals surface area contributed by atoms with E-state index in [2.05, 4.69) is 10.2 Å². The second-order valence-electron chi connectivity index (χ2n) is 3.93. The van der Waals surface area contributed by atoms with Gasteiger partial charge in [-0.25, -0.2) is 4.39 Å². The standard InChI is InChI=1S/C11H11F2N5O2/c1-2-17-9(5-14)15-16-11(17)7-3-6(12)4-8(10(7)13)18(19)20/h3-4H,2,5,14H2,1H3. The zero-order chi connectivity index (χ0) is 14.9. The topological polar surface area (TPSA) is 99.9 Å². The lowest BCUT2D eigenvalue weighted by molar-refractivity contribution is -0.387. The molecule has 0 aliphatic rings. The van der Waals surface area contributed by atoms with Gasteiger partial charge in [-0.1, -0.05) is 0 Å². The second-order valence-corrected chi connectivity index (χ2v) is 3.93. The maximum Gasteiger partial charge on any atom is 0.308 e. The average Bonchev–Trinajstić information content (AvgIpc) is 2.83. The molecule has 0 fully saturated rings. The number of nitro groups is 1. The molecule has 1 heterocycles. The molecule has 1 aromatic heterocycles. The van der Waals surface area contributed by atoms with Crippen molar-refractivity contribution in [3.8, 4) is 11.4 Å². The molecule has 20 heavy (non-hydrogen) atoms. The minimum atomic E-state index is -1.15. The number of hydrogen-bond donors (Lipinski definition) is 1. The number of halogens is 2. The van der Waals surface area contributed by atoms with Gasteiger partial charge in [0.2, 0.25) is 5.82 Å². The van der Waals surface area contributed by atoms with Crippen LogP contribution in [0.2, 0.25) is 0 Å². The largest absolute Gasteiger partial charge is 0.324 e. The van der Waals surface area contributed by atoms with Crippen LogP contribution in [-0.2, 0) is 13.1 Å². The zero-order valence-electron chi connectivity index (χ0n) is 10.5. The van der Waals surface area contributed by atoms with Crippen LogP contribution in [0.3, 0.4) is 0 Å². The summed E-state index contributed by atoms with van der Waals surface area (Å²) in [6.07, 6.45) is 0. The molecule has 0 aliphatic carbocycles. The van der Waals surface area contributed by atoms with Crippen molar-refractivity contribution in [2.75, 3.05) is 0 Å². The Morgan fingerprint density at radius 3 is 2.65 bits per heavy atom. The van der Waals surface area contributed by atoms with Gasteiger partial charge in [0.15, 0.2) is 5.82 Å². The van der Waals surface area contributed by atoms with E-state index in [9.17, 15) is 18.9 Å². The molecule has 0 atom stereocenters. The Labute approximate surface area is 112 Å². The van der Waals surface area contributed by atoms with E-state index in [-0.39, 0.29) is 17.9 Å². The molecular formula is C11H11F2N5O2. The first-order chi connectivity index (χ1) is 9.49. The third-order valence-electron chi connectivity index (χ3n) is 2.78. The highest BCUT2D eigenvalue weighted by Crippen LogP contribution is 2.29. The van der Waals surface area contributed by atoms with Gasteiger partial charge in [-0.05, 0) is 13.0 Å². The van der Waals surface area contributed by atoms with Crippen molar-refractivity contribution in [2.24, 2.45) is 5.73 Å². The van der Waals surface area contributed by atoms with Gasteiger partial charge in [-0.15, -0.1) is 10.2 Å². The van der Waals surface area contributed by atoms with Gasteiger partial charge in [-0.3, -0.25) is 10.1 Å². The van der Waals surface area contributed by atoms with Crippen molar-refractivity contribution in [3.05, 3.63) is 39.7 Å². The molecule has 0 saturated heterocycles. The maximum absolute atomic E-state index is 14.1. The Hall–Kier alpha value is -2.42. The highest BCUT2D eigenvalue weighted by molar-refractivity contribution is 5.61. The SMILES string of the molecule is CCn1c(CN)nnc1-c1cc(F)cc([N+](=O)[O-])c1F. The van der Waals surface area contributed by atoms with E-state index in [1.807, 2.05) is 0 Å². The monoisotopic (exact) mass is 283 g/mol. The molecule has 9 heteroatoms. The molecule has 0 saturated carbocycles. The van der Waals surface area contributed by atoms with Gasteiger partial charge in [-0.2, -0.15) is 4.39 Å². The lowest BCUT2D eigenvalue weighted by Gasteiger charge is -2.07. The fraction of sp³-hybridized carbons (Fsp3) is 0.273. The molecular weight excluding hydrogens is 272 g/mol. The molecule has 0 unspecified atom stereocenters. The number of aromatic nitrogens is 3. The van der Waals surface area contributed by atoms with Gasteiger partial charge in [0, 0.05) is 6.54 Å². The van der Waals surface area contributed by atoms with Crippen LogP contribution in [0.1, 0.15) is 12.7 Å². The van der Waals surface area contributed by atoms with E-state index in [1.54, 1.807) is 6.92 Å². The number of nitrogens with two attached hydrogens (primary N) is 1. The molecule has 0 spiro atoms. The van der Waals surface area contributed by atoms with Crippen LogP contribution < -0.4 is 5.73 Å². The molecule has 2 N–H and O–H groups in total. The van der Waals surface area contributed by atoms with Crippen molar-refractivity contribution in [2.45, 2.75) is 20.0 Å². The van der Waals surface area contributed by atoms with E-state index in [4.69, 9.17) is 5.73 Å². The minimum Gasteiger partial charge on any atom is -0.324 e. The van der Waals surface area contributed by atoms with Crippen LogP contribution in [0.15, 0.2) is 12.1 Å². The normalized spacial score (nSPS) is 10.8. The van der Waals surface area contributed by atoms with Crippen molar-refractivity contribution >= 4 is 5.69 Å². The van der Waals surface area contributed by atoms with Crippen LogP contribution >= 0.6 is 0 Å². The van der Waals surface area contributed by atoms with Crippen molar-refractivity contribution in [1.29, 1.82) is 0 Å². The molecule has 1 aromatic carbocycles. The Morgan fingerprint density at radius 2 is 2.10 bits per heavy atom. The average molecular weight is 283 g/mol. The van der Waals surface area contributed by atoms with Gasteiger partial charge in [0.25, 0.3) is 0 Å². The highest BCUT2D eigenvalue weighted by Gasteiger charge is 2.24. The molecule has 2 rings (SSSR count). The molecule has 2 aromatic rings. The van der Waals surface area contributed by atoms with Crippen molar-refractivity contribution in [3.63, 3.8) is 0 Å². The van der Waals surface area contributed by atoms with Gasteiger partial charge < -0.3 is 10.3 Å². The number of nitrogens with zero attached hydrogens (tertiary/aromatic N) is 4. The Kier molecular flexibility index (Phi) is 3.70. The second kappa shape index (κ2) is 5.29. The van der Waals surface area contributed by atoms with Gasteiger partial charge in [0.1, 0.15) is 11.6 Å². The third kappa shape index (κ3) is 2.23. The smallest absolute Gasteiger partial charge is 0.308 e. The number of hydrogen-bond acceptors (Lipinski definition) is 5. The molecule has 0 amide bonds. The summed E-state index contributed by atoms with van der Waals surface area (Å²) in [4.78, 5) is 9.72.